The molecule has 4 aromatic rings. The Balaban J connectivity index is 1.52. The minimum absolute atomic E-state index is 0.181. The number of benzene rings is 2. The van der Waals surface area contributed by atoms with Gasteiger partial charge >= 0.3 is 0 Å². The van der Waals surface area contributed by atoms with E-state index in [-0.39, 0.29) is 5.91 Å². The molecule has 1 N–H and O–H groups in total. The largest absolute Gasteiger partial charge is 0.494 e. The van der Waals surface area contributed by atoms with E-state index in [1.165, 1.54) is 11.3 Å². The molecule has 0 fully saturated rings. The number of carbonyl (C=O) groups is 1. The summed E-state index contributed by atoms with van der Waals surface area (Å²) in [5, 5.41) is 6.20. The minimum atomic E-state index is -0.181. The van der Waals surface area contributed by atoms with Crippen LogP contribution in [0.3, 0.4) is 0 Å². The molecule has 0 radical (unpaired) electrons. The molecule has 28 heavy (non-hydrogen) atoms. The number of nitrogens with zero attached hydrogens (tertiary/aromatic N) is 1. The third kappa shape index (κ3) is 3.90. The van der Waals surface area contributed by atoms with Crippen molar-refractivity contribution in [2.75, 3.05) is 18.2 Å². The summed E-state index contributed by atoms with van der Waals surface area (Å²) in [5.74, 6) is 1.28. The Hall–Kier alpha value is -2.77. The monoisotopic (exact) mass is 410 g/mol. The Morgan fingerprint density at radius 1 is 1.21 bits per heavy atom. The highest BCUT2D eigenvalue weighted by Crippen LogP contribution is 2.32. The zero-order chi connectivity index (χ0) is 19.5. The Morgan fingerprint density at radius 3 is 2.79 bits per heavy atom. The number of thiazole rings is 1. The second kappa shape index (κ2) is 8.08. The minimum Gasteiger partial charge on any atom is -0.494 e. The van der Waals surface area contributed by atoms with Crippen molar-refractivity contribution in [2.24, 2.45) is 0 Å². The summed E-state index contributed by atoms with van der Waals surface area (Å²) in [4.78, 5) is 18.0. The molecule has 2 heterocycles. The van der Waals surface area contributed by atoms with Crippen LogP contribution in [0.25, 0.3) is 22.4 Å². The van der Waals surface area contributed by atoms with E-state index >= 15 is 0 Å². The molecule has 2 aromatic carbocycles. The van der Waals surface area contributed by atoms with Gasteiger partial charge in [0.05, 0.1) is 6.61 Å². The summed E-state index contributed by atoms with van der Waals surface area (Å²) in [7, 11) is 0. The number of fused-ring (bicyclic) bond motifs is 1. The van der Waals surface area contributed by atoms with Crippen molar-refractivity contribution >= 4 is 45.1 Å². The molecule has 7 heteroatoms. The van der Waals surface area contributed by atoms with Crippen molar-refractivity contribution in [3.8, 4) is 17.2 Å². The number of aromatic nitrogens is 1. The number of amides is 1. The fourth-order valence-electron chi connectivity index (χ4n) is 2.76. The second-order valence-electron chi connectivity index (χ2n) is 5.96. The Kier molecular flexibility index (Phi) is 5.36. The van der Waals surface area contributed by atoms with Crippen molar-refractivity contribution in [3.63, 3.8) is 0 Å². The Labute approximate surface area is 170 Å². The van der Waals surface area contributed by atoms with E-state index in [9.17, 15) is 4.79 Å². The molecule has 0 aliphatic carbocycles. The maximum absolute atomic E-state index is 12.4. The van der Waals surface area contributed by atoms with Crippen LogP contribution in [-0.4, -0.2) is 23.8 Å². The summed E-state index contributed by atoms with van der Waals surface area (Å²) in [6, 6.07) is 15.1. The molecule has 0 spiro atoms. The van der Waals surface area contributed by atoms with Crippen molar-refractivity contribution in [1.82, 2.24) is 4.98 Å². The van der Waals surface area contributed by atoms with Crippen molar-refractivity contribution < 1.29 is 13.9 Å². The third-order valence-electron chi connectivity index (χ3n) is 4.13. The number of hydrogen-bond donors (Lipinski definition) is 1. The number of nitrogens with one attached hydrogen (secondary N) is 1. The first-order valence-corrected chi connectivity index (χ1v) is 10.8. The van der Waals surface area contributed by atoms with E-state index in [2.05, 4.69) is 10.3 Å². The van der Waals surface area contributed by atoms with Gasteiger partial charge in [0.2, 0.25) is 0 Å². The van der Waals surface area contributed by atoms with Crippen LogP contribution in [0.2, 0.25) is 0 Å². The third-order valence-corrected chi connectivity index (χ3v) is 5.63. The number of carbonyl (C=O) groups excluding carboxylic acids is 1. The molecular formula is C21H18N2O3S2. The summed E-state index contributed by atoms with van der Waals surface area (Å²) in [6.07, 6.45) is 2.00. The first-order chi connectivity index (χ1) is 13.7. The summed E-state index contributed by atoms with van der Waals surface area (Å²) >= 11 is 3.00. The van der Waals surface area contributed by atoms with Crippen LogP contribution in [0.15, 0.2) is 63.2 Å². The topological polar surface area (TPSA) is 64.4 Å². The Morgan fingerprint density at radius 2 is 2.04 bits per heavy atom. The van der Waals surface area contributed by atoms with Crippen LogP contribution in [-0.2, 0) is 0 Å². The number of furan rings is 1. The maximum atomic E-state index is 12.4. The highest BCUT2D eigenvalue weighted by Gasteiger charge is 2.13. The van der Waals surface area contributed by atoms with Gasteiger partial charge in [-0.15, -0.1) is 23.1 Å². The Bertz CT molecular complexity index is 1120. The number of thioether (sulfide) groups is 1. The highest BCUT2D eigenvalue weighted by molar-refractivity contribution is 7.98. The standard InChI is InChI=1S/C21H18N2O3S2/c1-3-25-15-6-9-18-14(10-15)11-19(26-18)17-12-28-21(22-17)23-20(24)13-4-7-16(27-2)8-5-13/h4-12H,3H2,1-2H3,(H,22,23,24). The van der Waals surface area contributed by atoms with Crippen LogP contribution in [0.1, 0.15) is 17.3 Å². The molecule has 4 rings (SSSR count). The molecule has 2 aromatic heterocycles. The molecule has 1 amide bonds. The van der Waals surface area contributed by atoms with Crippen LogP contribution >= 0.6 is 23.1 Å². The lowest BCUT2D eigenvalue weighted by Crippen LogP contribution is -2.11. The smallest absolute Gasteiger partial charge is 0.257 e. The fraction of sp³-hybridized carbons (Fsp3) is 0.143. The van der Waals surface area contributed by atoms with E-state index in [4.69, 9.17) is 9.15 Å². The van der Waals surface area contributed by atoms with E-state index < -0.39 is 0 Å². The van der Waals surface area contributed by atoms with E-state index in [0.29, 0.717) is 28.8 Å². The van der Waals surface area contributed by atoms with Gasteiger partial charge in [-0.3, -0.25) is 10.1 Å². The average Bonchev–Trinajstić information content (AvgIpc) is 3.34. The maximum Gasteiger partial charge on any atom is 0.257 e. The molecule has 0 saturated carbocycles. The predicted molar refractivity (Wildman–Crippen MR) is 115 cm³/mol. The van der Waals surface area contributed by atoms with Crippen molar-refractivity contribution in [1.29, 1.82) is 0 Å². The number of rotatable bonds is 6. The van der Waals surface area contributed by atoms with Gasteiger partial charge in [0.1, 0.15) is 17.0 Å². The highest BCUT2D eigenvalue weighted by atomic mass is 32.2. The molecule has 0 bridgehead atoms. The molecular weight excluding hydrogens is 392 g/mol. The van der Waals surface area contributed by atoms with Gasteiger partial charge in [-0.05, 0) is 61.7 Å². The summed E-state index contributed by atoms with van der Waals surface area (Å²) in [6.45, 7) is 2.57. The molecule has 0 atom stereocenters. The van der Waals surface area contributed by atoms with Crippen LogP contribution in [0.4, 0.5) is 5.13 Å². The van der Waals surface area contributed by atoms with Crippen LogP contribution in [0, 0.1) is 0 Å². The molecule has 0 aliphatic rings. The fourth-order valence-corrected chi connectivity index (χ4v) is 3.86. The van der Waals surface area contributed by atoms with E-state index in [0.717, 1.165) is 21.6 Å². The normalized spacial score (nSPS) is 10.9. The van der Waals surface area contributed by atoms with Gasteiger partial charge < -0.3 is 9.15 Å². The lowest BCUT2D eigenvalue weighted by atomic mass is 10.2. The van der Waals surface area contributed by atoms with Gasteiger partial charge in [-0.25, -0.2) is 4.98 Å². The van der Waals surface area contributed by atoms with Crippen molar-refractivity contribution in [3.05, 3.63) is 59.5 Å². The van der Waals surface area contributed by atoms with Gasteiger partial charge in [-0.2, -0.15) is 0 Å². The predicted octanol–water partition coefficient (Wildman–Crippen LogP) is 5.93. The summed E-state index contributed by atoms with van der Waals surface area (Å²) < 4.78 is 11.4. The van der Waals surface area contributed by atoms with E-state index in [1.807, 2.05) is 67.1 Å². The zero-order valence-electron chi connectivity index (χ0n) is 15.4. The average molecular weight is 411 g/mol. The number of anilines is 1. The van der Waals surface area contributed by atoms with Gasteiger partial charge in [0.25, 0.3) is 5.91 Å². The number of ether oxygens (including phenoxy) is 1. The van der Waals surface area contributed by atoms with Gasteiger partial charge in [0, 0.05) is 21.2 Å². The number of hydrogen-bond acceptors (Lipinski definition) is 6. The first kappa shape index (κ1) is 18.6. The molecule has 0 saturated heterocycles. The lowest BCUT2D eigenvalue weighted by molar-refractivity contribution is 0.102. The summed E-state index contributed by atoms with van der Waals surface area (Å²) in [5.41, 5.74) is 2.06. The first-order valence-electron chi connectivity index (χ1n) is 8.74. The molecule has 0 aliphatic heterocycles. The molecule has 0 unspecified atom stereocenters. The van der Waals surface area contributed by atoms with Crippen molar-refractivity contribution in [2.45, 2.75) is 11.8 Å². The molecule has 5 nitrogen and oxygen atoms in total. The van der Waals surface area contributed by atoms with E-state index in [1.54, 1.807) is 11.8 Å². The van der Waals surface area contributed by atoms with Gasteiger partial charge in [-0.1, -0.05) is 0 Å². The SMILES string of the molecule is CCOc1ccc2oc(-c3csc(NC(=O)c4ccc(SC)cc4)n3)cc2c1. The zero-order valence-corrected chi connectivity index (χ0v) is 17.0. The van der Waals surface area contributed by atoms with Crippen LogP contribution < -0.4 is 10.1 Å². The quantitative estimate of drug-likeness (QED) is 0.399. The van der Waals surface area contributed by atoms with Crippen LogP contribution in [0.5, 0.6) is 5.75 Å². The lowest BCUT2D eigenvalue weighted by Gasteiger charge is -2.02. The second-order valence-corrected chi connectivity index (χ2v) is 7.70. The molecule has 142 valence electrons. The van der Waals surface area contributed by atoms with Gasteiger partial charge in [0.15, 0.2) is 10.9 Å².